The van der Waals surface area contributed by atoms with Crippen molar-refractivity contribution in [3.8, 4) is 0 Å². The summed E-state index contributed by atoms with van der Waals surface area (Å²) in [6, 6.07) is 2.46. The van der Waals surface area contributed by atoms with E-state index in [1.807, 2.05) is 0 Å². The molecule has 8 N–H and O–H groups in total. The quantitative estimate of drug-likeness (QED) is 0.0816. The van der Waals surface area contributed by atoms with Crippen LogP contribution >= 0.6 is 0 Å². The maximum absolute atomic E-state index is 13.5. The Kier molecular flexibility index (Phi) is 11.9. The van der Waals surface area contributed by atoms with Gasteiger partial charge in [0.1, 0.15) is 54.7 Å². The van der Waals surface area contributed by atoms with Crippen molar-refractivity contribution in [2.24, 2.45) is 0 Å². The van der Waals surface area contributed by atoms with Gasteiger partial charge in [-0.2, -0.15) is 0 Å². The van der Waals surface area contributed by atoms with E-state index in [4.69, 9.17) is 18.9 Å². The van der Waals surface area contributed by atoms with Gasteiger partial charge in [0.2, 0.25) is 17.7 Å². The normalized spacial score (nSPS) is 34.9. The summed E-state index contributed by atoms with van der Waals surface area (Å²) in [6.45, 7) is 2.23. The highest BCUT2D eigenvalue weighted by molar-refractivity contribution is 6.07. The lowest BCUT2D eigenvalue weighted by Crippen LogP contribution is -2.71. The fraction of sp³-hybridized carbons (Fsp3) is 0.621. The van der Waals surface area contributed by atoms with Crippen molar-refractivity contribution < 1.29 is 68.5 Å². The first-order chi connectivity index (χ1) is 22.3. The zero-order valence-electron chi connectivity index (χ0n) is 25.8. The average Bonchev–Trinajstić information content (AvgIpc) is 3.79. The molecule has 18 heteroatoms. The molecule has 0 aliphatic carbocycles. The fourth-order valence-corrected chi connectivity index (χ4v) is 5.71. The van der Waals surface area contributed by atoms with Crippen molar-refractivity contribution >= 4 is 29.6 Å². The summed E-state index contributed by atoms with van der Waals surface area (Å²) < 4.78 is 22.3. The first-order valence-corrected chi connectivity index (χ1v) is 15.0. The minimum atomic E-state index is -1.75. The standard InChI is InChI=1S/C29H40N4O14/c1-4-44-28(43)20-19(33(20)27(42)14-8-6-5-7-9-14)25(41)32-26-17(30-12(2)36)23(40)24(16(11-35)45-26)47-29-18(31-13(3)37)22(39)21(38)15(10-34)46-29/h5-9,15-24,26,29,34-35,38-40H,4,10-11H2,1-3H3,(H,30,36)(H,31,37)(H,32,41)/t15-,16-,17-,18-,19-,20-,21-,22-,23-,24-,26-,29+,33?/m1/s1. The number of rotatable bonds is 11. The smallest absolute Gasteiger partial charge is 0.331 e. The molecule has 3 aliphatic heterocycles. The molecular weight excluding hydrogens is 628 g/mol. The first kappa shape index (κ1) is 36.1. The van der Waals surface area contributed by atoms with Crippen molar-refractivity contribution in [2.75, 3.05) is 19.8 Å². The third-order valence-corrected chi connectivity index (χ3v) is 7.96. The van der Waals surface area contributed by atoms with E-state index in [1.54, 1.807) is 25.1 Å². The SMILES string of the molecule is CCOC(=O)[C@H]1[C@H](C(=O)N[C@@H]2O[C@H](CO)[C@@H](O[C@@H]3O[C@H](CO)[C@@H](O)[C@H](O)[C@H]3NC(C)=O)[C@H](O)[C@H]2NC(C)=O)N1C(=O)c1ccccc1. The number of amides is 4. The van der Waals surface area contributed by atoms with Crippen LogP contribution in [0.1, 0.15) is 31.1 Å². The Labute approximate surface area is 268 Å². The summed E-state index contributed by atoms with van der Waals surface area (Å²) in [6.07, 6.45) is -12.5. The highest BCUT2D eigenvalue weighted by atomic mass is 16.7. The van der Waals surface area contributed by atoms with Gasteiger partial charge in [-0.05, 0) is 19.1 Å². The van der Waals surface area contributed by atoms with E-state index in [9.17, 15) is 49.5 Å². The van der Waals surface area contributed by atoms with Gasteiger partial charge in [-0.25, -0.2) is 4.79 Å². The summed E-state index contributed by atoms with van der Waals surface area (Å²) in [5.41, 5.74) is 0.210. The lowest BCUT2D eigenvalue weighted by atomic mass is 9.94. The van der Waals surface area contributed by atoms with Crippen molar-refractivity contribution in [3.63, 3.8) is 0 Å². The fourth-order valence-electron chi connectivity index (χ4n) is 5.71. The molecule has 4 rings (SSSR count). The maximum Gasteiger partial charge on any atom is 0.331 e. The van der Waals surface area contributed by atoms with E-state index < -0.39 is 116 Å². The molecule has 47 heavy (non-hydrogen) atoms. The van der Waals surface area contributed by atoms with Gasteiger partial charge in [0, 0.05) is 19.4 Å². The van der Waals surface area contributed by atoms with Crippen LogP contribution < -0.4 is 16.0 Å². The molecule has 3 saturated heterocycles. The third-order valence-electron chi connectivity index (χ3n) is 7.96. The summed E-state index contributed by atoms with van der Waals surface area (Å²) in [4.78, 5) is 64.4. The number of carbonyl (C=O) groups is 5. The van der Waals surface area contributed by atoms with Crippen LogP contribution in [0.2, 0.25) is 0 Å². The van der Waals surface area contributed by atoms with E-state index in [0.29, 0.717) is 0 Å². The van der Waals surface area contributed by atoms with Crippen molar-refractivity contribution in [2.45, 2.75) is 94.1 Å². The van der Waals surface area contributed by atoms with Crippen LogP contribution in [-0.4, -0.2) is 153 Å². The van der Waals surface area contributed by atoms with Crippen LogP contribution in [0.3, 0.4) is 0 Å². The number of nitrogens with zero attached hydrogens (tertiary/aromatic N) is 1. The minimum absolute atomic E-state index is 0.0122. The van der Waals surface area contributed by atoms with E-state index in [-0.39, 0.29) is 12.2 Å². The molecule has 1 aromatic carbocycles. The van der Waals surface area contributed by atoms with Crippen LogP contribution in [0.4, 0.5) is 0 Å². The molecule has 3 aliphatic rings. The highest BCUT2D eigenvalue weighted by Gasteiger charge is 2.62. The van der Waals surface area contributed by atoms with Gasteiger partial charge in [0.05, 0.1) is 19.8 Å². The van der Waals surface area contributed by atoms with Gasteiger partial charge in [0.25, 0.3) is 5.91 Å². The molecule has 0 unspecified atom stereocenters. The molecule has 1 aromatic rings. The molecule has 3 heterocycles. The van der Waals surface area contributed by atoms with Crippen LogP contribution in [-0.2, 0) is 38.1 Å². The second-order valence-electron chi connectivity index (χ2n) is 11.3. The first-order valence-electron chi connectivity index (χ1n) is 15.0. The average molecular weight is 669 g/mol. The summed E-state index contributed by atoms with van der Waals surface area (Å²) >= 11 is 0. The van der Waals surface area contributed by atoms with Gasteiger partial charge < -0.3 is 65.3 Å². The van der Waals surface area contributed by atoms with E-state index in [0.717, 1.165) is 18.7 Å². The highest BCUT2D eigenvalue weighted by Crippen LogP contribution is 2.34. The Bertz CT molecular complexity index is 1300. The van der Waals surface area contributed by atoms with Crippen molar-refractivity contribution in [1.29, 1.82) is 0 Å². The number of aliphatic hydroxyl groups excluding tert-OH is 5. The van der Waals surface area contributed by atoms with Gasteiger partial charge in [-0.15, -0.1) is 0 Å². The van der Waals surface area contributed by atoms with Gasteiger partial charge in [0.15, 0.2) is 18.6 Å². The molecule has 12 atom stereocenters. The molecule has 18 nitrogen and oxygen atoms in total. The monoisotopic (exact) mass is 668 g/mol. The number of hydrogen-bond acceptors (Lipinski definition) is 14. The second-order valence-corrected chi connectivity index (χ2v) is 11.3. The third kappa shape index (κ3) is 7.87. The molecule has 0 spiro atoms. The molecule has 260 valence electrons. The number of aliphatic hydroxyl groups is 5. The van der Waals surface area contributed by atoms with Gasteiger partial charge >= 0.3 is 5.97 Å². The number of hydrogen-bond donors (Lipinski definition) is 8. The Balaban J connectivity index is 1.56. The van der Waals surface area contributed by atoms with Crippen LogP contribution in [0, 0.1) is 0 Å². The van der Waals surface area contributed by atoms with Crippen molar-refractivity contribution in [1.82, 2.24) is 20.9 Å². The van der Waals surface area contributed by atoms with Crippen molar-refractivity contribution in [3.05, 3.63) is 35.9 Å². The Morgan fingerprint density at radius 3 is 2.00 bits per heavy atom. The number of benzene rings is 1. The second kappa shape index (κ2) is 15.4. The summed E-state index contributed by atoms with van der Waals surface area (Å²) in [5.74, 6) is -3.64. The summed E-state index contributed by atoms with van der Waals surface area (Å²) in [7, 11) is 0. The molecule has 4 amide bonds. The van der Waals surface area contributed by atoms with Crippen LogP contribution in [0.15, 0.2) is 30.3 Å². The number of nitrogens with one attached hydrogen (secondary N) is 3. The van der Waals surface area contributed by atoms with Crippen LogP contribution in [0.5, 0.6) is 0 Å². The van der Waals surface area contributed by atoms with E-state index in [1.165, 1.54) is 12.1 Å². The maximum atomic E-state index is 13.5. The number of ether oxygens (including phenoxy) is 4. The number of carbonyl (C=O) groups excluding carboxylic acids is 5. The summed E-state index contributed by atoms with van der Waals surface area (Å²) in [5, 5.41) is 59.5. The predicted molar refractivity (Wildman–Crippen MR) is 155 cm³/mol. The van der Waals surface area contributed by atoms with E-state index in [2.05, 4.69) is 16.0 Å². The number of esters is 1. The lowest BCUT2D eigenvalue weighted by molar-refractivity contribution is -0.315. The Morgan fingerprint density at radius 2 is 1.43 bits per heavy atom. The zero-order valence-corrected chi connectivity index (χ0v) is 25.8. The molecular formula is C29H40N4O14. The largest absolute Gasteiger partial charge is 0.464 e. The lowest BCUT2D eigenvalue weighted by Gasteiger charge is -2.48. The molecule has 0 aromatic heterocycles. The predicted octanol–water partition coefficient (Wildman–Crippen LogP) is -4.53. The molecule has 0 radical (unpaired) electrons. The molecule has 3 fully saturated rings. The molecule has 0 saturated carbocycles. The zero-order chi connectivity index (χ0) is 34.6. The van der Waals surface area contributed by atoms with E-state index >= 15 is 0 Å². The minimum Gasteiger partial charge on any atom is -0.464 e. The molecule has 0 bridgehead atoms. The topological polar surface area (TPSA) is 263 Å². The van der Waals surface area contributed by atoms with Crippen LogP contribution in [0.25, 0.3) is 0 Å². The van der Waals surface area contributed by atoms with Gasteiger partial charge in [-0.3, -0.25) is 19.2 Å². The Morgan fingerprint density at radius 1 is 0.809 bits per heavy atom. The van der Waals surface area contributed by atoms with Gasteiger partial charge in [-0.1, -0.05) is 18.2 Å². The Hall–Kier alpha value is -3.75.